The molecule has 8 heteroatoms. The largest absolute Gasteiger partial charge is 0.497 e. The lowest BCUT2D eigenvalue weighted by Gasteiger charge is -2.09. The molecule has 0 aliphatic carbocycles. The molecular weight excluding hydrogens is 388 g/mol. The fourth-order valence-corrected chi connectivity index (χ4v) is 4.00. The van der Waals surface area contributed by atoms with E-state index in [1.54, 1.807) is 14.0 Å². The molecule has 0 atom stereocenters. The van der Waals surface area contributed by atoms with Gasteiger partial charge in [0.2, 0.25) is 5.91 Å². The summed E-state index contributed by atoms with van der Waals surface area (Å²) >= 11 is 1.47. The van der Waals surface area contributed by atoms with E-state index in [9.17, 15) is 9.59 Å². The Kier molecular flexibility index (Phi) is 6.43. The van der Waals surface area contributed by atoms with Crippen LogP contribution in [-0.4, -0.2) is 27.6 Å². The molecular formula is C21H24N4O3S. The molecule has 2 aromatic heterocycles. The van der Waals surface area contributed by atoms with Crippen LogP contribution in [0.1, 0.15) is 29.6 Å². The fourth-order valence-electron chi connectivity index (χ4n) is 3.06. The van der Waals surface area contributed by atoms with Crippen LogP contribution in [0.4, 0.5) is 5.13 Å². The Morgan fingerprint density at radius 3 is 2.55 bits per heavy atom. The molecule has 0 saturated carbocycles. The van der Waals surface area contributed by atoms with Crippen molar-refractivity contribution in [2.45, 2.75) is 40.2 Å². The van der Waals surface area contributed by atoms with Gasteiger partial charge in [0.25, 0.3) is 0 Å². The topological polar surface area (TPSA) is 86.1 Å². The van der Waals surface area contributed by atoms with E-state index in [0.717, 1.165) is 34.0 Å². The maximum absolute atomic E-state index is 12.4. The lowest BCUT2D eigenvalue weighted by atomic mass is 10.1. The summed E-state index contributed by atoms with van der Waals surface area (Å²) in [4.78, 5) is 34.1. The third-order valence-electron chi connectivity index (χ3n) is 4.54. The van der Waals surface area contributed by atoms with E-state index in [4.69, 9.17) is 4.74 Å². The summed E-state index contributed by atoms with van der Waals surface area (Å²) in [6.45, 7) is 5.95. The molecule has 0 spiro atoms. The molecule has 2 heterocycles. The molecule has 1 aromatic carbocycles. The zero-order chi connectivity index (χ0) is 21.0. The van der Waals surface area contributed by atoms with Gasteiger partial charge in [0.1, 0.15) is 5.75 Å². The van der Waals surface area contributed by atoms with Gasteiger partial charge in [-0.05, 0) is 50.6 Å². The molecule has 0 fully saturated rings. The lowest BCUT2D eigenvalue weighted by molar-refractivity contribution is -0.116. The van der Waals surface area contributed by atoms with Crippen molar-refractivity contribution in [3.63, 3.8) is 0 Å². The van der Waals surface area contributed by atoms with Crippen molar-refractivity contribution in [2.24, 2.45) is 0 Å². The normalized spacial score (nSPS) is 10.8. The second-order valence-corrected chi connectivity index (χ2v) is 7.73. The number of hydrogen-bond acceptors (Lipinski definition) is 6. The van der Waals surface area contributed by atoms with Gasteiger partial charge in [0.05, 0.1) is 12.8 Å². The number of carbonyl (C=O) groups is 1. The highest BCUT2D eigenvalue weighted by molar-refractivity contribution is 7.16. The molecule has 29 heavy (non-hydrogen) atoms. The summed E-state index contributed by atoms with van der Waals surface area (Å²) in [6.07, 6.45) is 0.989. The fraction of sp³-hybridized carbons (Fsp3) is 0.333. The number of nitrogens with one attached hydrogen (secondary N) is 1. The van der Waals surface area contributed by atoms with E-state index in [2.05, 4.69) is 22.2 Å². The molecule has 7 nitrogen and oxygen atoms in total. The minimum atomic E-state index is -0.334. The first-order valence-electron chi connectivity index (χ1n) is 9.40. The van der Waals surface area contributed by atoms with Crippen LogP contribution in [0.2, 0.25) is 0 Å². The number of carbonyl (C=O) groups excluding carboxylic acids is 1. The van der Waals surface area contributed by atoms with Gasteiger partial charge in [0, 0.05) is 34.8 Å². The molecule has 0 unspecified atom stereocenters. The Balaban J connectivity index is 1.71. The van der Waals surface area contributed by atoms with Crippen molar-refractivity contribution in [1.29, 1.82) is 0 Å². The van der Waals surface area contributed by atoms with Crippen molar-refractivity contribution in [2.75, 3.05) is 12.4 Å². The van der Waals surface area contributed by atoms with E-state index < -0.39 is 0 Å². The van der Waals surface area contributed by atoms with Crippen LogP contribution in [0.15, 0.2) is 35.1 Å². The maximum atomic E-state index is 12.4. The zero-order valence-corrected chi connectivity index (χ0v) is 17.8. The average molecular weight is 413 g/mol. The maximum Gasteiger partial charge on any atom is 0.347 e. The Hall–Kier alpha value is -3.00. The predicted octanol–water partition coefficient (Wildman–Crippen LogP) is 3.58. The highest BCUT2D eigenvalue weighted by Crippen LogP contribution is 2.32. The third-order valence-corrected chi connectivity index (χ3v) is 5.65. The lowest BCUT2D eigenvalue weighted by Crippen LogP contribution is -2.27. The number of amides is 1. The highest BCUT2D eigenvalue weighted by Gasteiger charge is 2.14. The summed E-state index contributed by atoms with van der Waals surface area (Å²) < 4.78 is 6.71. The molecule has 152 valence electrons. The molecule has 0 aliphatic rings. The summed E-state index contributed by atoms with van der Waals surface area (Å²) in [6, 6.07) is 9.52. The molecule has 1 amide bonds. The number of hydrogen-bond donors (Lipinski definition) is 1. The molecule has 0 aliphatic heterocycles. The summed E-state index contributed by atoms with van der Waals surface area (Å²) in [5.41, 5.74) is 2.98. The van der Waals surface area contributed by atoms with E-state index in [1.165, 1.54) is 15.9 Å². The van der Waals surface area contributed by atoms with Crippen LogP contribution >= 0.6 is 11.3 Å². The molecule has 1 N–H and O–H groups in total. The van der Waals surface area contributed by atoms with Crippen LogP contribution in [0, 0.1) is 13.8 Å². The van der Waals surface area contributed by atoms with Crippen molar-refractivity contribution >= 4 is 22.4 Å². The minimum Gasteiger partial charge on any atom is -0.497 e. The summed E-state index contributed by atoms with van der Waals surface area (Å²) in [5.74, 6) is 0.598. The quantitative estimate of drug-likeness (QED) is 0.641. The Morgan fingerprint density at radius 2 is 1.93 bits per heavy atom. The van der Waals surface area contributed by atoms with Gasteiger partial charge >= 0.3 is 5.69 Å². The second kappa shape index (κ2) is 9.00. The number of anilines is 1. The molecule has 0 saturated heterocycles. The van der Waals surface area contributed by atoms with Crippen LogP contribution in [-0.2, 0) is 17.8 Å². The number of rotatable bonds is 7. The standard InChI is InChI=1S/C21H24N4O3S/c1-5-17-19(15-6-8-16(28-4)9-7-15)24-20(29-17)23-18(26)10-11-25-14(3)12-13(2)22-21(25)27/h6-9,12H,5,10-11H2,1-4H3,(H,23,24,26). The van der Waals surface area contributed by atoms with Crippen molar-refractivity contribution in [3.8, 4) is 17.0 Å². The van der Waals surface area contributed by atoms with Gasteiger partial charge in [-0.2, -0.15) is 4.98 Å². The predicted molar refractivity (Wildman–Crippen MR) is 115 cm³/mol. The highest BCUT2D eigenvalue weighted by atomic mass is 32.1. The van der Waals surface area contributed by atoms with E-state index >= 15 is 0 Å². The van der Waals surface area contributed by atoms with Gasteiger partial charge in [-0.3, -0.25) is 9.36 Å². The average Bonchev–Trinajstić information content (AvgIpc) is 3.10. The number of ether oxygens (including phenoxy) is 1. The Bertz CT molecular complexity index is 1070. The van der Waals surface area contributed by atoms with Gasteiger partial charge in [-0.25, -0.2) is 9.78 Å². The van der Waals surface area contributed by atoms with Gasteiger partial charge < -0.3 is 10.1 Å². The van der Waals surface area contributed by atoms with Gasteiger partial charge in [-0.15, -0.1) is 11.3 Å². The first-order chi connectivity index (χ1) is 13.9. The first-order valence-corrected chi connectivity index (χ1v) is 10.2. The number of thiazole rings is 1. The smallest absolute Gasteiger partial charge is 0.347 e. The monoisotopic (exact) mass is 412 g/mol. The third kappa shape index (κ3) is 4.89. The van der Waals surface area contributed by atoms with Crippen molar-refractivity contribution in [3.05, 3.63) is 57.1 Å². The van der Waals surface area contributed by atoms with Crippen molar-refractivity contribution in [1.82, 2.24) is 14.5 Å². The Morgan fingerprint density at radius 1 is 1.21 bits per heavy atom. The number of aryl methyl sites for hydroxylation is 3. The van der Waals surface area contributed by atoms with Crippen LogP contribution in [0.3, 0.4) is 0 Å². The molecule has 3 aromatic rings. The van der Waals surface area contributed by atoms with Crippen molar-refractivity contribution < 1.29 is 9.53 Å². The van der Waals surface area contributed by atoms with Gasteiger partial charge in [0.15, 0.2) is 5.13 Å². The SMILES string of the molecule is CCc1sc(NC(=O)CCn2c(C)cc(C)nc2=O)nc1-c1ccc(OC)cc1. The second-order valence-electron chi connectivity index (χ2n) is 6.64. The van der Waals surface area contributed by atoms with E-state index in [-0.39, 0.29) is 24.6 Å². The molecule has 3 rings (SSSR count). The van der Waals surface area contributed by atoms with E-state index in [0.29, 0.717) is 10.8 Å². The molecule has 0 radical (unpaired) electrons. The van der Waals surface area contributed by atoms with Crippen LogP contribution < -0.4 is 15.7 Å². The number of benzene rings is 1. The van der Waals surface area contributed by atoms with E-state index in [1.807, 2.05) is 37.3 Å². The van der Waals surface area contributed by atoms with Crippen LogP contribution in [0.25, 0.3) is 11.3 Å². The van der Waals surface area contributed by atoms with Gasteiger partial charge in [-0.1, -0.05) is 6.92 Å². The summed E-state index contributed by atoms with van der Waals surface area (Å²) in [5, 5.41) is 3.42. The number of aromatic nitrogens is 3. The Labute approximate surface area is 173 Å². The molecule has 0 bridgehead atoms. The number of methoxy groups -OCH3 is 1. The number of nitrogens with zero attached hydrogens (tertiary/aromatic N) is 3. The minimum absolute atomic E-state index is 0.171. The summed E-state index contributed by atoms with van der Waals surface area (Å²) in [7, 11) is 1.63. The van der Waals surface area contributed by atoms with Crippen LogP contribution in [0.5, 0.6) is 5.75 Å². The first kappa shape index (κ1) is 20.7. The zero-order valence-electron chi connectivity index (χ0n) is 17.0.